The van der Waals surface area contributed by atoms with Crippen LogP contribution in [0.4, 0.5) is 16.2 Å². The predicted molar refractivity (Wildman–Crippen MR) is 116 cm³/mol. The molecule has 156 valence electrons. The van der Waals surface area contributed by atoms with E-state index >= 15 is 0 Å². The molecule has 3 aromatic rings. The minimum atomic E-state index is -1.10. The molecule has 2 aromatic heterocycles. The number of amides is 2. The molecule has 0 saturated carbocycles. The number of nitrogens with one attached hydrogen (secondary N) is 2. The Bertz CT molecular complexity index is 1080. The number of hydrogen-bond donors (Lipinski definition) is 2. The standard InChI is InChI=1S/C22H20N6O3/c29-22(25-17-7-4-10-24-14-17)26-19-13-20(16-5-2-1-3-6-16)27(15-21(19)28(30)31)18-8-11-23-12-9-18/h1-14,20-21H,15H2,(H2,25,26,29). The lowest BCUT2D eigenvalue weighted by Crippen LogP contribution is -2.48. The second-order valence-electron chi connectivity index (χ2n) is 6.96. The molecule has 4 rings (SSSR count). The molecule has 2 unspecified atom stereocenters. The first kappa shape index (κ1) is 20.0. The molecule has 1 aliphatic rings. The summed E-state index contributed by atoms with van der Waals surface area (Å²) in [6, 6.07) is 14.7. The number of carbonyl (C=O) groups is 1. The van der Waals surface area contributed by atoms with Crippen molar-refractivity contribution in [1.82, 2.24) is 15.3 Å². The summed E-state index contributed by atoms with van der Waals surface area (Å²) in [5, 5.41) is 17.2. The van der Waals surface area contributed by atoms with Gasteiger partial charge in [-0.15, -0.1) is 0 Å². The van der Waals surface area contributed by atoms with E-state index in [1.54, 1.807) is 36.8 Å². The van der Waals surface area contributed by atoms with E-state index in [2.05, 4.69) is 20.6 Å². The molecule has 9 heteroatoms. The maximum atomic E-state index is 12.5. The van der Waals surface area contributed by atoms with E-state index in [9.17, 15) is 14.9 Å². The van der Waals surface area contributed by atoms with Gasteiger partial charge < -0.3 is 15.5 Å². The zero-order chi connectivity index (χ0) is 21.6. The van der Waals surface area contributed by atoms with Crippen LogP contribution in [0.25, 0.3) is 0 Å². The third kappa shape index (κ3) is 4.67. The van der Waals surface area contributed by atoms with Crippen LogP contribution in [0.15, 0.2) is 91.2 Å². The normalized spacial score (nSPS) is 18.1. The maximum absolute atomic E-state index is 12.5. The third-order valence-corrected chi connectivity index (χ3v) is 4.97. The van der Waals surface area contributed by atoms with Gasteiger partial charge in [-0.05, 0) is 35.9 Å². The lowest BCUT2D eigenvalue weighted by atomic mass is 9.96. The van der Waals surface area contributed by atoms with Gasteiger partial charge in [-0.1, -0.05) is 30.3 Å². The number of anilines is 2. The highest BCUT2D eigenvalue weighted by molar-refractivity contribution is 5.90. The lowest BCUT2D eigenvalue weighted by molar-refractivity contribution is -0.510. The van der Waals surface area contributed by atoms with Gasteiger partial charge in [0, 0.05) is 29.2 Å². The Kier molecular flexibility index (Phi) is 5.84. The van der Waals surface area contributed by atoms with Gasteiger partial charge in [0.1, 0.15) is 0 Å². The molecule has 2 atom stereocenters. The van der Waals surface area contributed by atoms with Crippen molar-refractivity contribution < 1.29 is 9.72 Å². The molecule has 3 heterocycles. The van der Waals surface area contributed by atoms with Crippen molar-refractivity contribution in [1.29, 1.82) is 0 Å². The summed E-state index contributed by atoms with van der Waals surface area (Å²) >= 11 is 0. The quantitative estimate of drug-likeness (QED) is 0.487. The minimum Gasteiger partial charge on any atom is -0.353 e. The molecule has 2 amide bonds. The molecular formula is C22H20N6O3. The van der Waals surface area contributed by atoms with Crippen LogP contribution in [0.2, 0.25) is 0 Å². The van der Waals surface area contributed by atoms with Crippen LogP contribution in [0.5, 0.6) is 0 Å². The third-order valence-electron chi connectivity index (χ3n) is 4.97. The molecule has 0 spiro atoms. The fourth-order valence-corrected chi connectivity index (χ4v) is 3.53. The average Bonchev–Trinajstić information content (AvgIpc) is 2.80. The van der Waals surface area contributed by atoms with Gasteiger partial charge in [-0.25, -0.2) is 4.79 Å². The van der Waals surface area contributed by atoms with Crippen LogP contribution in [-0.2, 0) is 0 Å². The van der Waals surface area contributed by atoms with E-state index in [0.29, 0.717) is 5.69 Å². The number of nitro groups is 1. The summed E-state index contributed by atoms with van der Waals surface area (Å²) in [6.45, 7) is 0.0928. The van der Waals surface area contributed by atoms with Gasteiger partial charge in [0.05, 0.1) is 30.2 Å². The molecule has 2 N–H and O–H groups in total. The van der Waals surface area contributed by atoms with E-state index in [-0.39, 0.29) is 23.2 Å². The van der Waals surface area contributed by atoms with Crippen LogP contribution in [0.1, 0.15) is 11.6 Å². The number of rotatable bonds is 5. The van der Waals surface area contributed by atoms with Crippen molar-refractivity contribution in [2.75, 3.05) is 16.8 Å². The number of urea groups is 1. The molecule has 1 aromatic carbocycles. The number of carbonyl (C=O) groups excluding carboxylic acids is 1. The monoisotopic (exact) mass is 416 g/mol. The second kappa shape index (κ2) is 9.04. The van der Waals surface area contributed by atoms with Crippen molar-refractivity contribution in [2.24, 2.45) is 0 Å². The van der Waals surface area contributed by atoms with Crippen molar-refractivity contribution in [2.45, 2.75) is 12.1 Å². The number of hydrogen-bond acceptors (Lipinski definition) is 6. The van der Waals surface area contributed by atoms with E-state index < -0.39 is 12.1 Å². The van der Waals surface area contributed by atoms with Crippen molar-refractivity contribution in [3.8, 4) is 0 Å². The van der Waals surface area contributed by atoms with Gasteiger partial charge in [0.25, 0.3) is 6.04 Å². The minimum absolute atomic E-state index is 0.0928. The summed E-state index contributed by atoms with van der Waals surface area (Å²) in [7, 11) is 0. The Balaban J connectivity index is 1.67. The van der Waals surface area contributed by atoms with Gasteiger partial charge >= 0.3 is 6.03 Å². The highest BCUT2D eigenvalue weighted by Gasteiger charge is 2.38. The average molecular weight is 416 g/mol. The first-order valence-corrected chi connectivity index (χ1v) is 9.66. The molecule has 9 nitrogen and oxygen atoms in total. The molecule has 0 saturated heterocycles. The van der Waals surface area contributed by atoms with Gasteiger partial charge in [0.15, 0.2) is 0 Å². The van der Waals surface area contributed by atoms with Crippen LogP contribution in [0.3, 0.4) is 0 Å². The summed E-state index contributed by atoms with van der Waals surface area (Å²) in [5.41, 5.74) is 2.50. The largest absolute Gasteiger partial charge is 0.353 e. The number of pyridine rings is 2. The Morgan fingerprint density at radius 2 is 1.77 bits per heavy atom. The van der Waals surface area contributed by atoms with Crippen molar-refractivity contribution in [3.05, 3.63) is 107 Å². The van der Waals surface area contributed by atoms with Gasteiger partial charge in [0.2, 0.25) is 0 Å². The summed E-state index contributed by atoms with van der Waals surface area (Å²) in [5.74, 6) is 0. The van der Waals surface area contributed by atoms with Crippen LogP contribution in [-0.4, -0.2) is 33.5 Å². The topological polar surface area (TPSA) is 113 Å². The zero-order valence-electron chi connectivity index (χ0n) is 16.5. The SMILES string of the molecule is O=C(NC1=CC(c2ccccc2)N(c2ccncc2)CC1[N+](=O)[O-])Nc1cccnc1. The number of nitrogens with zero attached hydrogens (tertiary/aromatic N) is 4. The fraction of sp³-hybridized carbons (Fsp3) is 0.136. The molecular weight excluding hydrogens is 396 g/mol. The maximum Gasteiger partial charge on any atom is 0.323 e. The van der Waals surface area contributed by atoms with E-state index in [0.717, 1.165) is 11.3 Å². The van der Waals surface area contributed by atoms with E-state index in [1.165, 1.54) is 6.20 Å². The van der Waals surface area contributed by atoms with Crippen molar-refractivity contribution >= 4 is 17.4 Å². The van der Waals surface area contributed by atoms with E-state index in [1.807, 2.05) is 47.4 Å². The fourth-order valence-electron chi connectivity index (χ4n) is 3.53. The molecule has 0 aliphatic carbocycles. The molecule has 1 aliphatic heterocycles. The first-order chi connectivity index (χ1) is 15.1. The smallest absolute Gasteiger partial charge is 0.323 e. The Morgan fingerprint density at radius 3 is 2.45 bits per heavy atom. The number of aromatic nitrogens is 2. The molecule has 0 radical (unpaired) electrons. The van der Waals surface area contributed by atoms with Crippen LogP contribution >= 0.6 is 0 Å². The highest BCUT2D eigenvalue weighted by atomic mass is 16.6. The summed E-state index contributed by atoms with van der Waals surface area (Å²) in [6.07, 6.45) is 8.12. The first-order valence-electron chi connectivity index (χ1n) is 9.66. The van der Waals surface area contributed by atoms with Crippen LogP contribution < -0.4 is 15.5 Å². The zero-order valence-corrected chi connectivity index (χ0v) is 16.5. The predicted octanol–water partition coefficient (Wildman–Crippen LogP) is 3.39. The van der Waals surface area contributed by atoms with Crippen molar-refractivity contribution in [3.63, 3.8) is 0 Å². The number of benzene rings is 1. The molecule has 0 bridgehead atoms. The Labute approximate surface area is 178 Å². The summed E-state index contributed by atoms with van der Waals surface area (Å²) < 4.78 is 0. The Hall–Kier alpha value is -4.27. The molecule has 0 fully saturated rings. The van der Waals surface area contributed by atoms with Gasteiger partial charge in [-0.2, -0.15) is 0 Å². The summed E-state index contributed by atoms with van der Waals surface area (Å²) in [4.78, 5) is 33.9. The van der Waals surface area contributed by atoms with E-state index in [4.69, 9.17) is 0 Å². The molecule has 31 heavy (non-hydrogen) atoms. The second-order valence-corrected chi connectivity index (χ2v) is 6.96. The highest BCUT2D eigenvalue weighted by Crippen LogP contribution is 2.33. The van der Waals surface area contributed by atoms with Gasteiger partial charge in [-0.3, -0.25) is 20.1 Å². The Morgan fingerprint density at radius 1 is 1.00 bits per heavy atom. The lowest BCUT2D eigenvalue weighted by Gasteiger charge is -2.37. The van der Waals surface area contributed by atoms with Crippen LogP contribution in [0, 0.1) is 10.1 Å².